The number of pyridine rings is 1. The van der Waals surface area contributed by atoms with E-state index < -0.39 is 0 Å². The van der Waals surface area contributed by atoms with E-state index in [0.29, 0.717) is 17.4 Å². The van der Waals surface area contributed by atoms with E-state index in [-0.39, 0.29) is 11.6 Å². The number of nitrogens with one attached hydrogen (secondary N) is 2. The van der Waals surface area contributed by atoms with Crippen molar-refractivity contribution in [1.29, 1.82) is 0 Å². The molecule has 0 saturated carbocycles. The van der Waals surface area contributed by atoms with Gasteiger partial charge in [0.05, 0.1) is 22.3 Å². The molecule has 0 unspecified atom stereocenters. The number of nitrogens with zero attached hydrogens (tertiary/aromatic N) is 2. The van der Waals surface area contributed by atoms with Crippen molar-refractivity contribution in [1.82, 2.24) is 15.3 Å². The van der Waals surface area contributed by atoms with Crippen LogP contribution < -0.4 is 10.6 Å². The van der Waals surface area contributed by atoms with E-state index >= 15 is 0 Å². The van der Waals surface area contributed by atoms with Crippen molar-refractivity contribution >= 4 is 34.7 Å². The minimum absolute atomic E-state index is 0.209. The van der Waals surface area contributed by atoms with Crippen LogP contribution in [0, 0.1) is 6.92 Å². The third kappa shape index (κ3) is 3.42. The molecule has 0 radical (unpaired) electrons. The fraction of sp³-hybridized carbons (Fsp3) is 0.250. The number of carbonyl (C=O) groups excluding carboxylic acids is 1. The van der Waals surface area contributed by atoms with Gasteiger partial charge in [0, 0.05) is 12.4 Å². The molecule has 5 nitrogen and oxygen atoms in total. The molecule has 19 heavy (non-hydrogen) atoms. The average molecular weight is 297 g/mol. The van der Waals surface area contributed by atoms with Gasteiger partial charge in [0.15, 0.2) is 0 Å². The summed E-state index contributed by atoms with van der Waals surface area (Å²) in [5.41, 5.74) is 1.04. The molecule has 2 rings (SSSR count). The van der Waals surface area contributed by atoms with Crippen molar-refractivity contribution in [3.63, 3.8) is 0 Å². The van der Waals surface area contributed by atoms with Gasteiger partial charge in [-0.2, -0.15) is 0 Å². The number of aromatic nitrogens is 2. The smallest absolute Gasteiger partial charge is 0.271 e. The molecule has 0 spiro atoms. The molecular formula is C12H13ClN4OS. The summed E-state index contributed by atoms with van der Waals surface area (Å²) in [6, 6.07) is 3.35. The Bertz CT molecular complexity index is 599. The van der Waals surface area contributed by atoms with Gasteiger partial charge in [-0.15, -0.1) is 11.3 Å². The van der Waals surface area contributed by atoms with Crippen molar-refractivity contribution in [2.45, 2.75) is 13.5 Å². The standard InChI is InChI=1S/C12H13ClN4OS/c1-7-16-8(6-19-7)5-15-12(18)11-9(13)3-4-10(14-2)17-11/h3-4,6H,5H2,1-2H3,(H,14,17)(H,15,18). The molecule has 100 valence electrons. The van der Waals surface area contributed by atoms with Crippen LogP contribution in [0.5, 0.6) is 0 Å². The summed E-state index contributed by atoms with van der Waals surface area (Å²) < 4.78 is 0. The Hall–Kier alpha value is -1.66. The number of thiazole rings is 1. The molecule has 0 aliphatic carbocycles. The molecule has 2 N–H and O–H groups in total. The average Bonchev–Trinajstić information content (AvgIpc) is 2.82. The molecule has 1 amide bonds. The summed E-state index contributed by atoms with van der Waals surface area (Å²) in [4.78, 5) is 20.4. The summed E-state index contributed by atoms with van der Waals surface area (Å²) in [5, 5.41) is 8.82. The number of halogens is 1. The van der Waals surface area contributed by atoms with Gasteiger partial charge >= 0.3 is 0 Å². The van der Waals surface area contributed by atoms with Crippen LogP contribution in [-0.2, 0) is 6.54 Å². The van der Waals surface area contributed by atoms with Gasteiger partial charge in [-0.3, -0.25) is 4.79 Å². The highest BCUT2D eigenvalue weighted by Gasteiger charge is 2.13. The van der Waals surface area contributed by atoms with Gasteiger partial charge in [0.2, 0.25) is 0 Å². The van der Waals surface area contributed by atoms with Crippen molar-refractivity contribution in [3.05, 3.63) is 38.9 Å². The maximum absolute atomic E-state index is 12.0. The Labute approximate surface area is 120 Å². The van der Waals surface area contributed by atoms with Gasteiger partial charge in [0.25, 0.3) is 5.91 Å². The van der Waals surface area contributed by atoms with Crippen LogP contribution in [0.3, 0.4) is 0 Å². The third-order valence-electron chi connectivity index (χ3n) is 2.41. The summed E-state index contributed by atoms with van der Waals surface area (Å²) >= 11 is 7.52. The van der Waals surface area contributed by atoms with E-state index in [2.05, 4.69) is 20.6 Å². The number of rotatable bonds is 4. The Morgan fingerprint density at radius 2 is 2.21 bits per heavy atom. The monoisotopic (exact) mass is 296 g/mol. The van der Waals surface area contributed by atoms with Crippen molar-refractivity contribution in [3.8, 4) is 0 Å². The van der Waals surface area contributed by atoms with Gasteiger partial charge < -0.3 is 10.6 Å². The van der Waals surface area contributed by atoms with Gasteiger partial charge in [-0.25, -0.2) is 9.97 Å². The van der Waals surface area contributed by atoms with Crippen LogP contribution in [0.4, 0.5) is 5.82 Å². The molecule has 0 aliphatic rings. The van der Waals surface area contributed by atoms with E-state index in [0.717, 1.165) is 10.7 Å². The summed E-state index contributed by atoms with van der Waals surface area (Å²) in [6.45, 7) is 2.29. The summed E-state index contributed by atoms with van der Waals surface area (Å²) in [6.07, 6.45) is 0. The summed E-state index contributed by atoms with van der Waals surface area (Å²) in [5.74, 6) is 0.284. The van der Waals surface area contributed by atoms with Crippen LogP contribution in [0.1, 0.15) is 21.2 Å². The Kier molecular flexibility index (Phi) is 4.34. The number of aryl methyl sites for hydroxylation is 1. The predicted octanol–water partition coefficient (Wildman–Crippen LogP) is 2.47. The molecule has 2 heterocycles. The minimum Gasteiger partial charge on any atom is -0.373 e. The molecule has 0 aliphatic heterocycles. The van der Waals surface area contributed by atoms with Crippen LogP contribution in [0.2, 0.25) is 5.02 Å². The first-order valence-corrected chi connectivity index (χ1v) is 6.89. The van der Waals surface area contributed by atoms with Crippen LogP contribution in [-0.4, -0.2) is 22.9 Å². The maximum Gasteiger partial charge on any atom is 0.271 e. The number of carbonyl (C=O) groups is 1. The zero-order valence-electron chi connectivity index (χ0n) is 10.5. The highest BCUT2D eigenvalue weighted by molar-refractivity contribution is 7.09. The predicted molar refractivity (Wildman–Crippen MR) is 76.8 cm³/mol. The lowest BCUT2D eigenvalue weighted by molar-refractivity contribution is 0.0946. The number of amides is 1. The van der Waals surface area contributed by atoms with E-state index in [1.807, 2.05) is 12.3 Å². The Morgan fingerprint density at radius 1 is 1.42 bits per heavy atom. The first-order chi connectivity index (χ1) is 9.10. The zero-order chi connectivity index (χ0) is 13.8. The first-order valence-electron chi connectivity index (χ1n) is 5.63. The van der Waals surface area contributed by atoms with Crippen LogP contribution in [0.25, 0.3) is 0 Å². The second-order valence-electron chi connectivity index (χ2n) is 3.82. The molecule has 2 aromatic rings. The second-order valence-corrected chi connectivity index (χ2v) is 5.29. The van der Waals surface area contributed by atoms with E-state index in [1.54, 1.807) is 30.5 Å². The molecule has 0 fully saturated rings. The maximum atomic E-state index is 12.0. The minimum atomic E-state index is -0.312. The van der Waals surface area contributed by atoms with Crippen molar-refractivity contribution in [2.24, 2.45) is 0 Å². The molecule has 0 saturated heterocycles. The van der Waals surface area contributed by atoms with Gasteiger partial charge in [-0.1, -0.05) is 11.6 Å². The van der Waals surface area contributed by atoms with E-state index in [1.165, 1.54) is 0 Å². The van der Waals surface area contributed by atoms with Crippen LogP contribution in [0.15, 0.2) is 17.5 Å². The molecule has 0 aromatic carbocycles. The van der Waals surface area contributed by atoms with Crippen LogP contribution >= 0.6 is 22.9 Å². The number of hydrogen-bond donors (Lipinski definition) is 2. The SMILES string of the molecule is CNc1ccc(Cl)c(C(=O)NCc2csc(C)n2)n1. The summed E-state index contributed by atoms with van der Waals surface area (Å²) in [7, 11) is 1.73. The zero-order valence-corrected chi connectivity index (χ0v) is 12.1. The molecule has 0 bridgehead atoms. The number of anilines is 1. The first kappa shape index (κ1) is 13.8. The highest BCUT2D eigenvalue weighted by atomic mass is 35.5. The normalized spacial score (nSPS) is 10.3. The lowest BCUT2D eigenvalue weighted by atomic mass is 10.3. The van der Waals surface area contributed by atoms with E-state index in [9.17, 15) is 4.79 Å². The second kappa shape index (κ2) is 5.99. The fourth-order valence-electron chi connectivity index (χ4n) is 1.48. The van der Waals surface area contributed by atoms with Gasteiger partial charge in [-0.05, 0) is 19.1 Å². The van der Waals surface area contributed by atoms with Gasteiger partial charge in [0.1, 0.15) is 11.5 Å². The molecule has 7 heteroatoms. The number of hydrogen-bond acceptors (Lipinski definition) is 5. The highest BCUT2D eigenvalue weighted by Crippen LogP contribution is 2.16. The third-order valence-corrected chi connectivity index (χ3v) is 3.54. The topological polar surface area (TPSA) is 66.9 Å². The molecule has 0 atom stereocenters. The van der Waals surface area contributed by atoms with Crippen molar-refractivity contribution < 1.29 is 4.79 Å². The fourth-order valence-corrected chi connectivity index (χ4v) is 2.29. The van der Waals surface area contributed by atoms with Crippen molar-refractivity contribution in [2.75, 3.05) is 12.4 Å². The lowest BCUT2D eigenvalue weighted by Gasteiger charge is -2.06. The largest absolute Gasteiger partial charge is 0.373 e. The molecule has 2 aromatic heterocycles. The molecular weight excluding hydrogens is 284 g/mol. The Morgan fingerprint density at radius 3 is 2.84 bits per heavy atom. The lowest BCUT2D eigenvalue weighted by Crippen LogP contribution is -2.24. The Balaban J connectivity index is 2.07. The van der Waals surface area contributed by atoms with E-state index in [4.69, 9.17) is 11.6 Å². The quantitative estimate of drug-likeness (QED) is 0.909.